The van der Waals surface area contributed by atoms with Crippen LogP contribution in [0.25, 0.3) is 0 Å². The minimum Gasteiger partial charge on any atom is -0.382 e. The molecule has 0 bridgehead atoms. The molecule has 0 radical (unpaired) electrons. The van der Waals surface area contributed by atoms with Crippen LogP contribution in [0, 0.1) is 5.92 Å². The molecular formula is C11H18N4O. The summed E-state index contributed by atoms with van der Waals surface area (Å²) in [4.78, 5) is 10.2. The van der Waals surface area contributed by atoms with E-state index >= 15 is 0 Å². The third-order valence-electron chi connectivity index (χ3n) is 2.67. The molecule has 1 aliphatic rings. The molecule has 0 amide bonds. The van der Waals surface area contributed by atoms with Crippen molar-refractivity contribution in [3.63, 3.8) is 0 Å². The minimum absolute atomic E-state index is 0.446. The fraction of sp³-hybridized carbons (Fsp3) is 0.636. The third kappa shape index (κ3) is 3.34. The van der Waals surface area contributed by atoms with E-state index in [2.05, 4.69) is 9.97 Å². The molecule has 1 saturated carbocycles. The number of anilines is 2. The summed E-state index contributed by atoms with van der Waals surface area (Å²) in [6.45, 7) is 2.46. The molecule has 88 valence electrons. The van der Waals surface area contributed by atoms with Crippen molar-refractivity contribution < 1.29 is 4.74 Å². The number of ether oxygens (including phenoxy) is 1. The highest BCUT2D eigenvalue weighted by molar-refractivity contribution is 5.38. The molecule has 5 nitrogen and oxygen atoms in total. The fourth-order valence-electron chi connectivity index (χ4n) is 1.38. The highest BCUT2D eigenvalue weighted by Crippen LogP contribution is 2.28. The van der Waals surface area contributed by atoms with E-state index in [0.717, 1.165) is 31.5 Å². The van der Waals surface area contributed by atoms with Crippen LogP contribution in [0.15, 0.2) is 12.4 Å². The molecule has 0 atom stereocenters. The maximum Gasteiger partial charge on any atom is 0.147 e. The van der Waals surface area contributed by atoms with Crippen LogP contribution in [0.3, 0.4) is 0 Å². The summed E-state index contributed by atoms with van der Waals surface area (Å²) in [5, 5.41) is 0. The molecule has 1 aliphatic carbocycles. The van der Waals surface area contributed by atoms with Gasteiger partial charge in [-0.2, -0.15) is 0 Å². The lowest BCUT2D eigenvalue weighted by atomic mass is 10.5. The number of nitrogen functional groups attached to an aromatic ring is 1. The van der Waals surface area contributed by atoms with E-state index in [-0.39, 0.29) is 0 Å². The lowest BCUT2D eigenvalue weighted by Gasteiger charge is -2.17. The van der Waals surface area contributed by atoms with Gasteiger partial charge in [0.1, 0.15) is 11.6 Å². The topological polar surface area (TPSA) is 64.3 Å². The molecule has 0 aromatic carbocycles. The average Bonchev–Trinajstić information content (AvgIpc) is 3.09. The second-order valence-corrected chi connectivity index (χ2v) is 4.24. The number of aromatic nitrogens is 2. The first-order valence-corrected chi connectivity index (χ1v) is 5.62. The fourth-order valence-corrected chi connectivity index (χ4v) is 1.38. The highest BCUT2D eigenvalue weighted by atomic mass is 16.5. The Kier molecular flexibility index (Phi) is 3.56. The van der Waals surface area contributed by atoms with Crippen molar-refractivity contribution in [3.05, 3.63) is 12.4 Å². The number of hydrogen-bond acceptors (Lipinski definition) is 5. The molecule has 1 aromatic rings. The minimum atomic E-state index is 0.446. The van der Waals surface area contributed by atoms with Crippen molar-refractivity contribution in [2.24, 2.45) is 5.92 Å². The molecule has 2 rings (SSSR count). The van der Waals surface area contributed by atoms with Crippen molar-refractivity contribution in [3.8, 4) is 0 Å². The number of hydrogen-bond donors (Lipinski definition) is 1. The molecular weight excluding hydrogens is 204 g/mol. The third-order valence-corrected chi connectivity index (χ3v) is 2.67. The van der Waals surface area contributed by atoms with E-state index in [1.165, 1.54) is 12.8 Å². The van der Waals surface area contributed by atoms with Gasteiger partial charge in [-0.15, -0.1) is 0 Å². The number of rotatable bonds is 6. The van der Waals surface area contributed by atoms with Gasteiger partial charge < -0.3 is 15.4 Å². The monoisotopic (exact) mass is 222 g/mol. The second-order valence-electron chi connectivity index (χ2n) is 4.24. The van der Waals surface area contributed by atoms with Gasteiger partial charge >= 0.3 is 0 Å². The zero-order valence-electron chi connectivity index (χ0n) is 9.59. The predicted octanol–water partition coefficient (Wildman–Crippen LogP) is 0.922. The molecule has 1 heterocycles. The molecule has 5 heteroatoms. The highest BCUT2D eigenvalue weighted by Gasteiger charge is 2.20. The van der Waals surface area contributed by atoms with Crippen LogP contribution >= 0.6 is 0 Å². The van der Waals surface area contributed by atoms with Crippen LogP contribution < -0.4 is 10.6 Å². The Morgan fingerprint density at radius 1 is 1.44 bits per heavy atom. The van der Waals surface area contributed by atoms with E-state index < -0.39 is 0 Å². The van der Waals surface area contributed by atoms with Gasteiger partial charge in [0.15, 0.2) is 0 Å². The average molecular weight is 222 g/mol. The van der Waals surface area contributed by atoms with Crippen molar-refractivity contribution in [1.82, 2.24) is 9.97 Å². The Balaban J connectivity index is 1.69. The molecule has 1 fully saturated rings. The Morgan fingerprint density at radius 2 is 2.25 bits per heavy atom. The Morgan fingerprint density at radius 3 is 2.88 bits per heavy atom. The predicted molar refractivity (Wildman–Crippen MR) is 63.3 cm³/mol. The summed E-state index contributed by atoms with van der Waals surface area (Å²) < 4.78 is 5.56. The van der Waals surface area contributed by atoms with Gasteiger partial charge in [0.05, 0.1) is 19.0 Å². The normalized spacial score (nSPS) is 15.1. The quantitative estimate of drug-likeness (QED) is 0.725. The summed E-state index contributed by atoms with van der Waals surface area (Å²) in [6, 6.07) is 0. The van der Waals surface area contributed by atoms with E-state index in [1.54, 1.807) is 12.4 Å². The lowest BCUT2D eigenvalue weighted by Crippen LogP contribution is -2.24. The lowest BCUT2D eigenvalue weighted by molar-refractivity contribution is 0.131. The van der Waals surface area contributed by atoms with E-state index in [1.807, 2.05) is 11.9 Å². The van der Waals surface area contributed by atoms with Crippen molar-refractivity contribution >= 4 is 11.6 Å². The van der Waals surface area contributed by atoms with Crippen LogP contribution in [-0.4, -0.2) is 36.8 Å². The van der Waals surface area contributed by atoms with Crippen molar-refractivity contribution in [2.75, 3.05) is 37.4 Å². The van der Waals surface area contributed by atoms with Crippen molar-refractivity contribution in [1.29, 1.82) is 0 Å². The van der Waals surface area contributed by atoms with Crippen molar-refractivity contribution in [2.45, 2.75) is 12.8 Å². The SMILES string of the molecule is CN(CCOCC1CC1)c1cnc(N)cn1. The molecule has 0 unspecified atom stereocenters. The van der Waals surface area contributed by atoms with Gasteiger partial charge in [-0.3, -0.25) is 0 Å². The largest absolute Gasteiger partial charge is 0.382 e. The van der Waals surface area contributed by atoms with Gasteiger partial charge in [0.2, 0.25) is 0 Å². The number of nitrogens with two attached hydrogens (primary N) is 1. The van der Waals surface area contributed by atoms with Crippen LogP contribution in [0.4, 0.5) is 11.6 Å². The van der Waals surface area contributed by atoms with Gasteiger partial charge in [0, 0.05) is 20.2 Å². The molecule has 2 N–H and O–H groups in total. The van der Waals surface area contributed by atoms with Gasteiger partial charge in [-0.25, -0.2) is 9.97 Å². The standard InChI is InChI=1S/C11H18N4O/c1-15(4-5-16-8-9-2-3-9)11-7-13-10(12)6-14-11/h6-7,9H,2-5,8H2,1H3,(H2,12,13). The Labute approximate surface area is 95.6 Å². The Bertz CT molecular complexity index is 323. The van der Waals surface area contributed by atoms with Gasteiger partial charge in [0.25, 0.3) is 0 Å². The summed E-state index contributed by atoms with van der Waals surface area (Å²) in [5.74, 6) is 2.09. The summed E-state index contributed by atoms with van der Waals surface area (Å²) in [6.07, 6.45) is 5.91. The number of nitrogens with zero attached hydrogens (tertiary/aromatic N) is 3. The first-order chi connectivity index (χ1) is 7.75. The van der Waals surface area contributed by atoms with Crippen LogP contribution in [-0.2, 0) is 4.74 Å². The van der Waals surface area contributed by atoms with E-state index in [9.17, 15) is 0 Å². The molecule has 1 aromatic heterocycles. The number of likely N-dealkylation sites (N-methyl/N-ethyl adjacent to an activating group) is 1. The van der Waals surface area contributed by atoms with E-state index in [0.29, 0.717) is 5.82 Å². The molecule has 0 aliphatic heterocycles. The van der Waals surface area contributed by atoms with Gasteiger partial charge in [-0.05, 0) is 18.8 Å². The van der Waals surface area contributed by atoms with Crippen LogP contribution in [0.2, 0.25) is 0 Å². The van der Waals surface area contributed by atoms with Gasteiger partial charge in [-0.1, -0.05) is 0 Å². The zero-order chi connectivity index (χ0) is 11.4. The first kappa shape index (κ1) is 11.1. The molecule has 0 spiro atoms. The van der Waals surface area contributed by atoms with Crippen LogP contribution in [0.5, 0.6) is 0 Å². The van der Waals surface area contributed by atoms with E-state index in [4.69, 9.17) is 10.5 Å². The maximum atomic E-state index is 5.56. The zero-order valence-corrected chi connectivity index (χ0v) is 9.59. The molecule has 0 saturated heterocycles. The summed E-state index contributed by atoms with van der Waals surface area (Å²) >= 11 is 0. The summed E-state index contributed by atoms with van der Waals surface area (Å²) in [5.41, 5.74) is 5.47. The maximum absolute atomic E-state index is 5.56. The smallest absolute Gasteiger partial charge is 0.147 e. The second kappa shape index (κ2) is 5.12. The summed E-state index contributed by atoms with van der Waals surface area (Å²) in [7, 11) is 1.97. The first-order valence-electron chi connectivity index (χ1n) is 5.62. The van der Waals surface area contributed by atoms with Crippen LogP contribution in [0.1, 0.15) is 12.8 Å². The molecule has 16 heavy (non-hydrogen) atoms. The Hall–Kier alpha value is -1.36.